The fourth-order valence-corrected chi connectivity index (χ4v) is 3.13. The van der Waals surface area contributed by atoms with Gasteiger partial charge in [0.05, 0.1) is 24.2 Å². The summed E-state index contributed by atoms with van der Waals surface area (Å²) < 4.78 is 16.9. The molecule has 0 bridgehead atoms. The van der Waals surface area contributed by atoms with Crippen LogP contribution in [0.1, 0.15) is 0 Å². The van der Waals surface area contributed by atoms with Crippen LogP contribution in [0.3, 0.4) is 0 Å². The number of benzene rings is 2. The molecule has 0 saturated carbocycles. The number of morpholine rings is 1. The van der Waals surface area contributed by atoms with Crippen molar-refractivity contribution in [2.75, 3.05) is 39.5 Å². The van der Waals surface area contributed by atoms with Gasteiger partial charge >= 0.3 is 0 Å². The van der Waals surface area contributed by atoms with Crippen LogP contribution in [0.4, 0.5) is 0 Å². The molecule has 134 valence electrons. The third-order valence-corrected chi connectivity index (χ3v) is 4.61. The molecular formula is C21H21NO4. The van der Waals surface area contributed by atoms with E-state index in [-0.39, 0.29) is 5.43 Å². The Morgan fingerprint density at radius 2 is 1.85 bits per heavy atom. The average molecular weight is 351 g/mol. The Hall–Kier alpha value is -2.63. The normalized spacial score (nSPS) is 15.2. The summed E-state index contributed by atoms with van der Waals surface area (Å²) in [5.41, 5.74) is 1.93. The second kappa shape index (κ2) is 7.72. The Kier molecular flexibility index (Phi) is 5.00. The maximum absolute atomic E-state index is 12.7. The molecule has 5 heteroatoms. The van der Waals surface area contributed by atoms with Crippen LogP contribution in [0.15, 0.2) is 64.0 Å². The first-order valence-electron chi connectivity index (χ1n) is 8.85. The van der Waals surface area contributed by atoms with Gasteiger partial charge in [0, 0.05) is 25.7 Å². The third-order valence-electron chi connectivity index (χ3n) is 4.61. The fraction of sp³-hybridized carbons (Fsp3) is 0.286. The molecule has 0 aliphatic carbocycles. The molecule has 1 aromatic heterocycles. The predicted octanol–water partition coefficient (Wildman–Crippen LogP) is 3.17. The highest BCUT2D eigenvalue weighted by Gasteiger charge is 2.11. The second-order valence-electron chi connectivity index (χ2n) is 6.30. The molecule has 5 nitrogen and oxygen atoms in total. The maximum Gasteiger partial charge on any atom is 0.200 e. The van der Waals surface area contributed by atoms with Gasteiger partial charge in [-0.3, -0.25) is 9.69 Å². The molecular weight excluding hydrogens is 330 g/mol. The fourth-order valence-electron chi connectivity index (χ4n) is 3.13. The van der Waals surface area contributed by atoms with Gasteiger partial charge in [0.1, 0.15) is 24.2 Å². The SMILES string of the molecule is O=c1c(-c2ccccc2)coc2cc(OCCN3CCOCC3)ccc12. The highest BCUT2D eigenvalue weighted by molar-refractivity contribution is 5.82. The molecule has 1 saturated heterocycles. The molecule has 1 aliphatic rings. The zero-order valence-electron chi connectivity index (χ0n) is 14.5. The van der Waals surface area contributed by atoms with E-state index in [9.17, 15) is 4.79 Å². The van der Waals surface area contributed by atoms with Crippen LogP contribution in [0, 0.1) is 0 Å². The van der Waals surface area contributed by atoms with Gasteiger partial charge in [0.15, 0.2) is 5.43 Å². The van der Waals surface area contributed by atoms with Crippen molar-refractivity contribution in [1.29, 1.82) is 0 Å². The quantitative estimate of drug-likeness (QED) is 0.707. The van der Waals surface area contributed by atoms with Crippen molar-refractivity contribution in [2.24, 2.45) is 0 Å². The summed E-state index contributed by atoms with van der Waals surface area (Å²) in [6, 6.07) is 14.9. The molecule has 0 radical (unpaired) electrons. The van der Waals surface area contributed by atoms with Gasteiger partial charge in [-0.2, -0.15) is 0 Å². The number of hydrogen-bond donors (Lipinski definition) is 0. The smallest absolute Gasteiger partial charge is 0.200 e. The van der Waals surface area contributed by atoms with E-state index in [1.54, 1.807) is 12.1 Å². The molecule has 3 aromatic rings. The zero-order valence-corrected chi connectivity index (χ0v) is 14.5. The van der Waals surface area contributed by atoms with Gasteiger partial charge in [-0.05, 0) is 17.7 Å². The van der Waals surface area contributed by atoms with Crippen LogP contribution in [-0.4, -0.2) is 44.4 Å². The van der Waals surface area contributed by atoms with Crippen molar-refractivity contribution >= 4 is 11.0 Å². The Labute approximate surface area is 151 Å². The summed E-state index contributed by atoms with van der Waals surface area (Å²) >= 11 is 0. The lowest BCUT2D eigenvalue weighted by Gasteiger charge is -2.26. The van der Waals surface area contributed by atoms with Crippen molar-refractivity contribution in [3.8, 4) is 16.9 Å². The van der Waals surface area contributed by atoms with E-state index in [1.165, 1.54) is 6.26 Å². The predicted molar refractivity (Wildman–Crippen MR) is 101 cm³/mol. The largest absolute Gasteiger partial charge is 0.492 e. The summed E-state index contributed by atoms with van der Waals surface area (Å²) in [7, 11) is 0. The molecule has 0 atom stereocenters. The molecule has 1 fully saturated rings. The minimum absolute atomic E-state index is 0.0303. The summed E-state index contributed by atoms with van der Waals surface area (Å²) in [6.07, 6.45) is 1.53. The molecule has 2 aromatic carbocycles. The van der Waals surface area contributed by atoms with Crippen LogP contribution in [0.5, 0.6) is 5.75 Å². The van der Waals surface area contributed by atoms with E-state index >= 15 is 0 Å². The van der Waals surface area contributed by atoms with Crippen molar-refractivity contribution in [2.45, 2.75) is 0 Å². The standard InChI is InChI=1S/C21H21NO4/c23-21-18-7-6-17(25-13-10-22-8-11-24-12-9-22)14-20(18)26-15-19(21)16-4-2-1-3-5-16/h1-7,14-15H,8-13H2. The molecule has 1 aliphatic heterocycles. The van der Waals surface area contributed by atoms with E-state index in [0.29, 0.717) is 28.9 Å². The molecule has 0 N–H and O–H groups in total. The number of rotatable bonds is 5. The van der Waals surface area contributed by atoms with E-state index in [4.69, 9.17) is 13.9 Å². The van der Waals surface area contributed by atoms with Crippen LogP contribution in [0.2, 0.25) is 0 Å². The summed E-state index contributed by atoms with van der Waals surface area (Å²) in [5, 5.41) is 0.562. The number of ether oxygens (including phenoxy) is 2. The van der Waals surface area contributed by atoms with Gasteiger partial charge in [-0.15, -0.1) is 0 Å². The number of hydrogen-bond acceptors (Lipinski definition) is 5. The highest BCUT2D eigenvalue weighted by Crippen LogP contribution is 2.23. The molecule has 0 amide bonds. The van der Waals surface area contributed by atoms with E-state index in [0.717, 1.165) is 38.4 Å². The zero-order chi connectivity index (χ0) is 17.8. The van der Waals surface area contributed by atoms with Crippen molar-refractivity contribution < 1.29 is 13.9 Å². The van der Waals surface area contributed by atoms with Crippen molar-refractivity contribution in [3.05, 3.63) is 65.0 Å². The summed E-state index contributed by atoms with van der Waals surface area (Å²) in [6.45, 7) is 4.91. The molecule has 26 heavy (non-hydrogen) atoms. The Balaban J connectivity index is 1.50. The van der Waals surface area contributed by atoms with E-state index in [2.05, 4.69) is 4.90 Å². The first-order valence-corrected chi connectivity index (χ1v) is 8.85. The summed E-state index contributed by atoms with van der Waals surface area (Å²) in [5.74, 6) is 0.710. The van der Waals surface area contributed by atoms with Crippen molar-refractivity contribution in [1.82, 2.24) is 4.90 Å². The first-order chi connectivity index (χ1) is 12.8. The lowest BCUT2D eigenvalue weighted by atomic mass is 10.1. The molecule has 0 unspecified atom stereocenters. The van der Waals surface area contributed by atoms with Gasteiger partial charge in [0.25, 0.3) is 0 Å². The minimum atomic E-state index is -0.0303. The van der Waals surface area contributed by atoms with Crippen LogP contribution >= 0.6 is 0 Å². The Morgan fingerprint density at radius 1 is 1.04 bits per heavy atom. The summed E-state index contributed by atoms with van der Waals surface area (Å²) in [4.78, 5) is 15.1. The lowest BCUT2D eigenvalue weighted by molar-refractivity contribution is 0.0322. The van der Waals surface area contributed by atoms with E-state index in [1.807, 2.05) is 36.4 Å². The lowest BCUT2D eigenvalue weighted by Crippen LogP contribution is -2.38. The number of nitrogens with zero attached hydrogens (tertiary/aromatic N) is 1. The second-order valence-corrected chi connectivity index (χ2v) is 6.30. The minimum Gasteiger partial charge on any atom is -0.492 e. The average Bonchev–Trinajstić information content (AvgIpc) is 2.70. The van der Waals surface area contributed by atoms with Crippen LogP contribution in [0.25, 0.3) is 22.1 Å². The first kappa shape index (κ1) is 16.8. The van der Waals surface area contributed by atoms with Gasteiger partial charge in [-0.25, -0.2) is 0 Å². The van der Waals surface area contributed by atoms with E-state index < -0.39 is 0 Å². The van der Waals surface area contributed by atoms with Gasteiger partial charge < -0.3 is 13.9 Å². The maximum atomic E-state index is 12.7. The highest BCUT2D eigenvalue weighted by atomic mass is 16.5. The molecule has 2 heterocycles. The van der Waals surface area contributed by atoms with Crippen molar-refractivity contribution in [3.63, 3.8) is 0 Å². The monoisotopic (exact) mass is 351 g/mol. The van der Waals surface area contributed by atoms with Gasteiger partial charge in [-0.1, -0.05) is 30.3 Å². The Bertz CT molecular complexity index is 930. The third kappa shape index (κ3) is 3.64. The molecule has 4 rings (SSSR count). The Morgan fingerprint density at radius 3 is 2.65 bits per heavy atom. The number of fused-ring (bicyclic) bond motifs is 1. The van der Waals surface area contributed by atoms with Gasteiger partial charge in [0.2, 0.25) is 0 Å². The molecule has 0 spiro atoms. The van der Waals surface area contributed by atoms with Crippen LogP contribution < -0.4 is 10.2 Å². The van der Waals surface area contributed by atoms with Crippen LogP contribution in [-0.2, 0) is 4.74 Å². The topological polar surface area (TPSA) is 51.9 Å².